The lowest BCUT2D eigenvalue weighted by molar-refractivity contribution is -0.122. The average Bonchev–Trinajstić information content (AvgIpc) is 2.20. The normalized spacial score (nSPS) is 11.2. The van der Waals surface area contributed by atoms with Gasteiger partial charge in [-0.05, 0) is 12.8 Å². The molecule has 6 heteroatoms. The van der Waals surface area contributed by atoms with Gasteiger partial charge in [0.25, 0.3) is 0 Å². The lowest BCUT2D eigenvalue weighted by Gasteiger charge is -2.09. The summed E-state index contributed by atoms with van der Waals surface area (Å²) in [6.45, 7) is 0.666. The number of rotatable bonds is 6. The fraction of sp³-hybridized carbons (Fsp3) is 0.556. The third-order valence-electron chi connectivity index (χ3n) is 1.67. The molecule has 0 aliphatic heterocycles. The molecule has 1 amide bonds. The Morgan fingerprint density at radius 3 is 2.73 bits per heavy atom. The second-order valence-electron chi connectivity index (χ2n) is 2.98. The topological polar surface area (TPSA) is 120 Å². The van der Waals surface area contributed by atoms with Crippen molar-refractivity contribution in [1.29, 1.82) is 0 Å². The predicted octanol–water partition coefficient (Wildman–Crippen LogP) is -1.88. The Balaban J connectivity index is 3.65. The molecule has 0 aromatic carbocycles. The van der Waals surface area contributed by atoms with Gasteiger partial charge in [0, 0.05) is 6.54 Å². The molecule has 0 radical (unpaired) electrons. The first-order chi connectivity index (χ1) is 7.07. The summed E-state index contributed by atoms with van der Waals surface area (Å²) in [4.78, 5) is 15.0. The number of terminal acetylenes is 1. The second-order valence-corrected chi connectivity index (χ2v) is 2.98. The van der Waals surface area contributed by atoms with E-state index >= 15 is 0 Å². The van der Waals surface area contributed by atoms with Crippen molar-refractivity contribution in [3.63, 3.8) is 0 Å². The number of guanidine groups is 1. The van der Waals surface area contributed by atoms with Gasteiger partial charge in [0.15, 0.2) is 5.96 Å². The Morgan fingerprint density at radius 2 is 2.20 bits per heavy atom. The second kappa shape index (κ2) is 7.64. The molecule has 0 unspecified atom stereocenters. The van der Waals surface area contributed by atoms with E-state index in [-0.39, 0.29) is 18.4 Å². The van der Waals surface area contributed by atoms with Crippen molar-refractivity contribution < 1.29 is 4.79 Å². The third-order valence-corrected chi connectivity index (χ3v) is 1.67. The van der Waals surface area contributed by atoms with Crippen LogP contribution in [0.3, 0.4) is 0 Å². The van der Waals surface area contributed by atoms with Crippen LogP contribution in [0.1, 0.15) is 12.8 Å². The van der Waals surface area contributed by atoms with Crippen LogP contribution in [0.5, 0.6) is 0 Å². The molecular formula is C9H17N5O. The zero-order valence-electron chi connectivity index (χ0n) is 8.57. The summed E-state index contributed by atoms with van der Waals surface area (Å²) in [7, 11) is 0. The lowest BCUT2D eigenvalue weighted by atomic mass is 10.1. The number of nitrogens with two attached hydrogens (primary N) is 3. The van der Waals surface area contributed by atoms with E-state index in [1.807, 2.05) is 0 Å². The van der Waals surface area contributed by atoms with E-state index in [0.29, 0.717) is 19.4 Å². The molecule has 0 saturated heterocycles. The van der Waals surface area contributed by atoms with Crippen molar-refractivity contribution in [2.45, 2.75) is 18.9 Å². The molecule has 0 bridgehead atoms. The summed E-state index contributed by atoms with van der Waals surface area (Å²) in [6, 6.07) is -0.562. The van der Waals surface area contributed by atoms with Crippen molar-refractivity contribution >= 4 is 11.9 Å². The molecule has 7 N–H and O–H groups in total. The quantitative estimate of drug-likeness (QED) is 0.178. The van der Waals surface area contributed by atoms with E-state index < -0.39 is 6.04 Å². The summed E-state index contributed by atoms with van der Waals surface area (Å²) in [5.74, 6) is 2.08. The van der Waals surface area contributed by atoms with Gasteiger partial charge in [0.1, 0.15) is 0 Å². The highest BCUT2D eigenvalue weighted by Crippen LogP contribution is 1.94. The number of nitrogens with one attached hydrogen (secondary N) is 1. The van der Waals surface area contributed by atoms with Crippen molar-refractivity contribution in [3.05, 3.63) is 0 Å². The van der Waals surface area contributed by atoms with E-state index in [1.54, 1.807) is 0 Å². The van der Waals surface area contributed by atoms with Crippen LogP contribution in [-0.4, -0.2) is 31.0 Å². The first kappa shape index (κ1) is 13.3. The summed E-state index contributed by atoms with van der Waals surface area (Å²) in [5, 5.41) is 2.50. The fourth-order valence-electron chi connectivity index (χ4n) is 0.920. The highest BCUT2D eigenvalue weighted by Gasteiger charge is 2.11. The molecule has 0 aromatic rings. The van der Waals surface area contributed by atoms with Crippen LogP contribution in [-0.2, 0) is 4.79 Å². The van der Waals surface area contributed by atoms with Gasteiger partial charge in [-0.1, -0.05) is 5.92 Å². The van der Waals surface area contributed by atoms with Gasteiger partial charge in [-0.15, -0.1) is 6.42 Å². The van der Waals surface area contributed by atoms with Gasteiger partial charge >= 0.3 is 0 Å². The van der Waals surface area contributed by atoms with Crippen LogP contribution in [0.4, 0.5) is 0 Å². The molecule has 15 heavy (non-hydrogen) atoms. The van der Waals surface area contributed by atoms with E-state index in [1.165, 1.54) is 0 Å². The predicted molar refractivity (Wildman–Crippen MR) is 59.7 cm³/mol. The Hall–Kier alpha value is -1.74. The molecular weight excluding hydrogens is 194 g/mol. The number of amides is 1. The number of carbonyl (C=O) groups is 1. The number of carbonyl (C=O) groups excluding carboxylic acids is 1. The van der Waals surface area contributed by atoms with Crippen molar-refractivity contribution in [1.82, 2.24) is 5.32 Å². The van der Waals surface area contributed by atoms with Crippen LogP contribution in [0, 0.1) is 12.3 Å². The van der Waals surface area contributed by atoms with Crippen LogP contribution >= 0.6 is 0 Å². The molecule has 0 aromatic heterocycles. The summed E-state index contributed by atoms with van der Waals surface area (Å²) >= 11 is 0. The SMILES string of the molecule is C#CCNC(=O)[C@H](N)CCCN=C(N)N. The van der Waals surface area contributed by atoms with Crippen LogP contribution in [0.25, 0.3) is 0 Å². The molecule has 0 aliphatic carbocycles. The minimum absolute atomic E-state index is 0.0420. The number of nitrogens with zero attached hydrogens (tertiary/aromatic N) is 1. The van der Waals surface area contributed by atoms with Crippen molar-refractivity contribution in [3.8, 4) is 12.3 Å². The third kappa shape index (κ3) is 7.34. The zero-order valence-corrected chi connectivity index (χ0v) is 8.57. The van der Waals surface area contributed by atoms with E-state index in [0.717, 1.165) is 0 Å². The van der Waals surface area contributed by atoms with Gasteiger partial charge < -0.3 is 22.5 Å². The fourth-order valence-corrected chi connectivity index (χ4v) is 0.920. The maximum absolute atomic E-state index is 11.2. The molecule has 0 spiro atoms. The van der Waals surface area contributed by atoms with Crippen molar-refractivity contribution in [2.75, 3.05) is 13.1 Å². The Kier molecular flexibility index (Phi) is 6.76. The highest BCUT2D eigenvalue weighted by molar-refractivity contribution is 5.81. The summed E-state index contributed by atoms with van der Waals surface area (Å²) in [6.07, 6.45) is 6.16. The largest absolute Gasteiger partial charge is 0.370 e. The zero-order chi connectivity index (χ0) is 11.7. The van der Waals surface area contributed by atoms with Crippen LogP contribution < -0.4 is 22.5 Å². The van der Waals surface area contributed by atoms with E-state index in [9.17, 15) is 4.79 Å². The molecule has 0 heterocycles. The smallest absolute Gasteiger partial charge is 0.237 e. The lowest BCUT2D eigenvalue weighted by Crippen LogP contribution is -2.40. The maximum atomic E-state index is 11.2. The first-order valence-electron chi connectivity index (χ1n) is 4.60. The molecule has 6 nitrogen and oxygen atoms in total. The summed E-state index contributed by atoms with van der Waals surface area (Å²) in [5.41, 5.74) is 15.8. The Morgan fingerprint density at radius 1 is 1.53 bits per heavy atom. The monoisotopic (exact) mass is 211 g/mol. The number of aliphatic imine (C=N–C) groups is 1. The molecule has 0 fully saturated rings. The molecule has 84 valence electrons. The van der Waals surface area contributed by atoms with Gasteiger partial charge in [-0.25, -0.2) is 0 Å². The van der Waals surface area contributed by atoms with Crippen LogP contribution in [0.2, 0.25) is 0 Å². The highest BCUT2D eigenvalue weighted by atomic mass is 16.2. The van der Waals surface area contributed by atoms with Crippen molar-refractivity contribution in [2.24, 2.45) is 22.2 Å². The first-order valence-corrected chi connectivity index (χ1v) is 4.60. The Labute approximate surface area is 89.3 Å². The molecule has 0 saturated carbocycles. The minimum atomic E-state index is -0.562. The standard InChI is InChI=1S/C9H17N5O/c1-2-5-13-8(15)7(10)4-3-6-14-9(11)12/h1,7H,3-6,10H2,(H,13,15)(H4,11,12,14)/t7-/m1/s1. The van der Waals surface area contributed by atoms with E-state index in [2.05, 4.69) is 16.2 Å². The Bertz CT molecular complexity index is 264. The number of hydrogen-bond acceptors (Lipinski definition) is 3. The molecule has 1 atom stereocenters. The molecule has 0 aliphatic rings. The minimum Gasteiger partial charge on any atom is -0.370 e. The van der Waals surface area contributed by atoms with Crippen LogP contribution in [0.15, 0.2) is 4.99 Å². The van der Waals surface area contributed by atoms with Gasteiger partial charge in [-0.3, -0.25) is 9.79 Å². The van der Waals surface area contributed by atoms with E-state index in [4.69, 9.17) is 23.6 Å². The average molecular weight is 211 g/mol. The maximum Gasteiger partial charge on any atom is 0.237 e. The van der Waals surface area contributed by atoms with Gasteiger partial charge in [0.05, 0.1) is 12.6 Å². The number of hydrogen-bond donors (Lipinski definition) is 4. The van der Waals surface area contributed by atoms with Gasteiger partial charge in [-0.2, -0.15) is 0 Å². The van der Waals surface area contributed by atoms with Gasteiger partial charge in [0.2, 0.25) is 5.91 Å². The molecule has 0 rings (SSSR count). The summed E-state index contributed by atoms with van der Waals surface area (Å²) < 4.78 is 0.